The minimum Gasteiger partial charge on any atom is -0.507 e. The molecule has 2 aromatic carbocycles. The highest BCUT2D eigenvalue weighted by molar-refractivity contribution is 5.86. The molecule has 0 bridgehead atoms. The molecular formula is C16H14F3N3O2. The molecule has 0 unspecified atom stereocenters. The van der Waals surface area contributed by atoms with Crippen LogP contribution in [0.4, 0.5) is 18.9 Å². The third-order valence-electron chi connectivity index (χ3n) is 2.97. The van der Waals surface area contributed by atoms with Crippen LogP contribution >= 0.6 is 0 Å². The highest BCUT2D eigenvalue weighted by Gasteiger charge is 2.30. The molecule has 0 aromatic heterocycles. The van der Waals surface area contributed by atoms with E-state index in [1.807, 2.05) is 0 Å². The van der Waals surface area contributed by atoms with Gasteiger partial charge in [-0.1, -0.05) is 18.2 Å². The Morgan fingerprint density at radius 3 is 2.62 bits per heavy atom. The molecule has 24 heavy (non-hydrogen) atoms. The third kappa shape index (κ3) is 5.01. The summed E-state index contributed by atoms with van der Waals surface area (Å²) in [5, 5.41) is 15.8. The van der Waals surface area contributed by atoms with Gasteiger partial charge in [0.25, 0.3) is 5.91 Å². The lowest BCUT2D eigenvalue weighted by Crippen LogP contribution is -2.26. The third-order valence-corrected chi connectivity index (χ3v) is 2.97. The van der Waals surface area contributed by atoms with Crippen molar-refractivity contribution in [1.82, 2.24) is 5.43 Å². The van der Waals surface area contributed by atoms with Gasteiger partial charge in [0.15, 0.2) is 0 Å². The quantitative estimate of drug-likeness (QED) is 0.580. The molecule has 2 rings (SSSR count). The lowest BCUT2D eigenvalue weighted by atomic mass is 10.2. The van der Waals surface area contributed by atoms with E-state index >= 15 is 0 Å². The van der Waals surface area contributed by atoms with Crippen LogP contribution < -0.4 is 10.7 Å². The second-order valence-electron chi connectivity index (χ2n) is 4.78. The van der Waals surface area contributed by atoms with Gasteiger partial charge in [-0.2, -0.15) is 18.3 Å². The van der Waals surface area contributed by atoms with Crippen molar-refractivity contribution in [3.8, 4) is 5.75 Å². The van der Waals surface area contributed by atoms with Crippen LogP contribution in [0.3, 0.4) is 0 Å². The normalized spacial score (nSPS) is 11.5. The van der Waals surface area contributed by atoms with Crippen LogP contribution in [0.1, 0.15) is 11.1 Å². The Hall–Kier alpha value is -3.03. The van der Waals surface area contributed by atoms with E-state index in [9.17, 15) is 23.1 Å². The van der Waals surface area contributed by atoms with Crippen LogP contribution in [0.5, 0.6) is 5.75 Å². The monoisotopic (exact) mass is 337 g/mol. The van der Waals surface area contributed by atoms with Crippen LogP contribution in [-0.4, -0.2) is 23.8 Å². The fourth-order valence-electron chi connectivity index (χ4n) is 1.80. The lowest BCUT2D eigenvalue weighted by Gasteiger charge is -2.10. The fraction of sp³-hybridized carbons (Fsp3) is 0.125. The van der Waals surface area contributed by atoms with E-state index in [1.165, 1.54) is 24.4 Å². The number of amides is 1. The topological polar surface area (TPSA) is 73.7 Å². The highest BCUT2D eigenvalue weighted by atomic mass is 19.4. The maximum Gasteiger partial charge on any atom is 0.416 e. The van der Waals surface area contributed by atoms with Crippen LogP contribution in [-0.2, 0) is 11.0 Å². The van der Waals surface area contributed by atoms with Gasteiger partial charge < -0.3 is 10.4 Å². The largest absolute Gasteiger partial charge is 0.507 e. The zero-order valence-electron chi connectivity index (χ0n) is 12.3. The first kappa shape index (κ1) is 17.3. The number of para-hydroxylation sites is 1. The molecule has 0 aliphatic heterocycles. The number of carbonyl (C=O) groups is 1. The van der Waals surface area contributed by atoms with E-state index in [1.54, 1.807) is 18.2 Å². The maximum atomic E-state index is 12.6. The number of aromatic hydroxyl groups is 1. The molecule has 5 nitrogen and oxygen atoms in total. The predicted octanol–water partition coefficient (Wildman–Crippen LogP) is 2.97. The molecule has 0 spiro atoms. The molecule has 0 atom stereocenters. The van der Waals surface area contributed by atoms with Crippen molar-refractivity contribution in [1.29, 1.82) is 0 Å². The lowest BCUT2D eigenvalue weighted by molar-refractivity contribution is -0.137. The molecular weight excluding hydrogens is 323 g/mol. The number of phenols is 1. The highest BCUT2D eigenvalue weighted by Crippen LogP contribution is 2.30. The van der Waals surface area contributed by atoms with Gasteiger partial charge in [-0.15, -0.1) is 0 Å². The zero-order valence-corrected chi connectivity index (χ0v) is 12.3. The van der Waals surface area contributed by atoms with Gasteiger partial charge in [0, 0.05) is 11.3 Å². The molecule has 1 amide bonds. The Bertz CT molecular complexity index is 745. The van der Waals surface area contributed by atoms with E-state index in [4.69, 9.17) is 0 Å². The van der Waals surface area contributed by atoms with Crippen molar-refractivity contribution >= 4 is 17.8 Å². The molecule has 0 aliphatic rings. The average Bonchev–Trinajstić information content (AvgIpc) is 2.54. The molecule has 0 saturated carbocycles. The smallest absolute Gasteiger partial charge is 0.416 e. The first-order valence-corrected chi connectivity index (χ1v) is 6.87. The van der Waals surface area contributed by atoms with Crippen molar-refractivity contribution in [2.45, 2.75) is 6.18 Å². The van der Waals surface area contributed by atoms with Crippen molar-refractivity contribution in [3.05, 3.63) is 59.7 Å². The minimum absolute atomic E-state index is 0.0117. The average molecular weight is 337 g/mol. The van der Waals surface area contributed by atoms with Gasteiger partial charge in [-0.25, -0.2) is 5.43 Å². The standard InChI is InChI=1S/C16H14F3N3O2/c17-16(18,19)12-5-3-6-13(8-12)20-10-15(24)22-21-9-11-4-1-2-7-14(11)23/h1-9,20,23H,10H2,(H,22,24)/b21-9+. The fourth-order valence-corrected chi connectivity index (χ4v) is 1.80. The number of nitrogens with one attached hydrogen (secondary N) is 2. The second-order valence-corrected chi connectivity index (χ2v) is 4.78. The van der Waals surface area contributed by atoms with E-state index in [2.05, 4.69) is 15.8 Å². The van der Waals surface area contributed by atoms with Gasteiger partial charge in [0.1, 0.15) is 5.75 Å². The number of rotatable bonds is 5. The Kier molecular flexibility index (Phi) is 5.41. The summed E-state index contributed by atoms with van der Waals surface area (Å²) in [4.78, 5) is 11.6. The number of hydrogen-bond acceptors (Lipinski definition) is 4. The van der Waals surface area contributed by atoms with Gasteiger partial charge in [0.05, 0.1) is 18.3 Å². The van der Waals surface area contributed by atoms with Crippen molar-refractivity contribution < 1.29 is 23.1 Å². The number of phenolic OH excluding ortho intramolecular Hbond substituents is 1. The summed E-state index contributed by atoms with van der Waals surface area (Å²) in [5.41, 5.74) is 2.00. The summed E-state index contributed by atoms with van der Waals surface area (Å²) in [6.07, 6.45) is -3.18. The molecule has 0 saturated heterocycles. The molecule has 126 valence electrons. The van der Waals surface area contributed by atoms with Crippen molar-refractivity contribution in [3.63, 3.8) is 0 Å². The van der Waals surface area contributed by atoms with Crippen LogP contribution in [0.2, 0.25) is 0 Å². The first-order valence-electron chi connectivity index (χ1n) is 6.87. The van der Waals surface area contributed by atoms with Crippen LogP contribution in [0.25, 0.3) is 0 Å². The predicted molar refractivity (Wildman–Crippen MR) is 83.8 cm³/mol. The van der Waals surface area contributed by atoms with E-state index < -0.39 is 17.6 Å². The Morgan fingerprint density at radius 1 is 1.17 bits per heavy atom. The summed E-state index contributed by atoms with van der Waals surface area (Å²) in [6, 6.07) is 10.9. The number of carbonyl (C=O) groups excluding carboxylic acids is 1. The molecule has 0 radical (unpaired) electrons. The number of alkyl halides is 3. The number of anilines is 1. The first-order chi connectivity index (χ1) is 11.4. The van der Waals surface area contributed by atoms with E-state index in [0.29, 0.717) is 5.56 Å². The van der Waals surface area contributed by atoms with Crippen molar-refractivity contribution in [2.75, 3.05) is 11.9 Å². The molecule has 2 aromatic rings. The Labute approximate surface area is 135 Å². The number of hydrogen-bond donors (Lipinski definition) is 3. The van der Waals surface area contributed by atoms with Gasteiger partial charge in [-0.3, -0.25) is 4.79 Å². The van der Waals surface area contributed by atoms with E-state index in [0.717, 1.165) is 12.1 Å². The molecule has 8 heteroatoms. The van der Waals surface area contributed by atoms with Gasteiger partial charge in [0.2, 0.25) is 0 Å². The Balaban J connectivity index is 1.87. The zero-order chi connectivity index (χ0) is 17.6. The van der Waals surface area contributed by atoms with Crippen LogP contribution in [0, 0.1) is 0 Å². The number of nitrogens with zero attached hydrogens (tertiary/aromatic N) is 1. The van der Waals surface area contributed by atoms with Crippen molar-refractivity contribution in [2.24, 2.45) is 5.10 Å². The maximum absolute atomic E-state index is 12.6. The summed E-state index contributed by atoms with van der Waals surface area (Å²) < 4.78 is 37.7. The van der Waals surface area contributed by atoms with Gasteiger partial charge in [-0.05, 0) is 30.3 Å². The Morgan fingerprint density at radius 2 is 1.92 bits per heavy atom. The molecule has 0 aliphatic carbocycles. The summed E-state index contributed by atoms with van der Waals surface area (Å²) in [5.74, 6) is -0.531. The summed E-state index contributed by atoms with van der Waals surface area (Å²) in [6.45, 7) is -0.251. The number of hydrazone groups is 1. The van der Waals surface area contributed by atoms with Gasteiger partial charge >= 0.3 is 6.18 Å². The van der Waals surface area contributed by atoms with Crippen LogP contribution in [0.15, 0.2) is 53.6 Å². The molecule has 0 heterocycles. The number of benzene rings is 2. The SMILES string of the molecule is O=C(CNc1cccc(C(F)(F)F)c1)N/N=C/c1ccccc1O. The molecule has 0 fully saturated rings. The number of halogens is 3. The summed E-state index contributed by atoms with van der Waals surface area (Å²) in [7, 11) is 0. The molecule has 3 N–H and O–H groups in total. The minimum atomic E-state index is -4.44. The second kappa shape index (κ2) is 7.49. The van der Waals surface area contributed by atoms with E-state index in [-0.39, 0.29) is 18.0 Å². The summed E-state index contributed by atoms with van der Waals surface area (Å²) >= 11 is 0.